The normalized spacial score (nSPS) is 10.7. The second kappa shape index (κ2) is 5.04. The van der Waals surface area contributed by atoms with E-state index in [1.165, 1.54) is 0 Å². The zero-order valence-electron chi connectivity index (χ0n) is 11.1. The van der Waals surface area contributed by atoms with E-state index in [1.807, 2.05) is 6.92 Å². The fourth-order valence-electron chi connectivity index (χ4n) is 2.08. The number of hydrogen-bond donors (Lipinski definition) is 1. The second-order valence-corrected chi connectivity index (χ2v) is 4.89. The lowest BCUT2D eigenvalue weighted by Gasteiger charge is -2.09. The third kappa shape index (κ3) is 2.28. The lowest BCUT2D eigenvalue weighted by molar-refractivity contribution is 0.315. The van der Waals surface area contributed by atoms with E-state index in [0.29, 0.717) is 34.0 Å². The Morgan fingerprint density at radius 3 is 2.90 bits per heavy atom. The van der Waals surface area contributed by atoms with Crippen LogP contribution in [0.5, 0.6) is 0 Å². The first-order valence-corrected chi connectivity index (χ1v) is 6.47. The molecule has 0 unspecified atom stereocenters. The highest BCUT2D eigenvalue weighted by atomic mass is 35.5. The number of aromatic nitrogens is 4. The fraction of sp³-hybridized carbons (Fsp3) is 0.143. The van der Waals surface area contributed by atoms with E-state index in [4.69, 9.17) is 23.8 Å². The number of hydrogen-bond acceptors (Lipinski definition) is 6. The van der Waals surface area contributed by atoms with E-state index >= 15 is 0 Å². The summed E-state index contributed by atoms with van der Waals surface area (Å²) in [7, 11) is 0. The van der Waals surface area contributed by atoms with Gasteiger partial charge < -0.3 is 5.73 Å². The lowest BCUT2D eigenvalue weighted by Crippen LogP contribution is -2.04. The Kier molecular flexibility index (Phi) is 3.20. The fourth-order valence-corrected chi connectivity index (χ4v) is 2.24. The van der Waals surface area contributed by atoms with Gasteiger partial charge in [0.05, 0.1) is 10.7 Å². The summed E-state index contributed by atoms with van der Waals surface area (Å²) < 4.78 is 4.66. The number of anilines is 1. The van der Waals surface area contributed by atoms with Gasteiger partial charge in [0, 0.05) is 23.4 Å². The van der Waals surface area contributed by atoms with Gasteiger partial charge in [-0.15, -0.1) is 6.42 Å². The number of fused-ring (bicyclic) bond motifs is 1. The average Bonchev–Trinajstić information content (AvgIpc) is 2.93. The molecule has 7 heteroatoms. The molecular weight excluding hydrogens is 290 g/mol. The number of halogens is 1. The number of aryl methyl sites for hydroxylation is 1. The molecule has 3 aromatic heterocycles. The van der Waals surface area contributed by atoms with Gasteiger partial charge >= 0.3 is 0 Å². The molecule has 0 saturated heterocycles. The number of pyridine rings is 2. The number of nitrogen functional groups attached to an aromatic ring is 1. The molecule has 0 aliphatic rings. The van der Waals surface area contributed by atoms with Crippen LogP contribution in [0.3, 0.4) is 0 Å². The monoisotopic (exact) mass is 299 g/mol. The Balaban J connectivity index is 2.08. The molecule has 0 aromatic carbocycles. The predicted octanol–water partition coefficient (Wildman–Crippen LogP) is 2.13. The van der Waals surface area contributed by atoms with Gasteiger partial charge in [0.1, 0.15) is 5.69 Å². The van der Waals surface area contributed by atoms with E-state index in [1.54, 1.807) is 12.1 Å². The first-order chi connectivity index (χ1) is 10.1. The summed E-state index contributed by atoms with van der Waals surface area (Å²) in [5, 5.41) is 7.90. The zero-order valence-corrected chi connectivity index (χ0v) is 11.8. The molecule has 0 spiro atoms. The Morgan fingerprint density at radius 1 is 1.33 bits per heavy atom. The highest BCUT2D eigenvalue weighted by Crippen LogP contribution is 2.25. The van der Waals surface area contributed by atoms with Crippen LogP contribution in [0.2, 0.25) is 5.02 Å². The number of rotatable bonds is 2. The van der Waals surface area contributed by atoms with Crippen molar-refractivity contribution in [3.05, 3.63) is 39.8 Å². The lowest BCUT2D eigenvalue weighted by atomic mass is 10.0. The number of nitrogens with two attached hydrogens (primary N) is 1. The van der Waals surface area contributed by atoms with Crippen molar-refractivity contribution in [3.8, 4) is 12.3 Å². The van der Waals surface area contributed by atoms with E-state index in [2.05, 4.69) is 30.8 Å². The molecule has 104 valence electrons. The molecular formula is C14H10ClN5O. The van der Waals surface area contributed by atoms with Crippen molar-refractivity contribution in [1.29, 1.82) is 0 Å². The highest BCUT2D eigenvalue weighted by molar-refractivity contribution is 6.31. The second-order valence-electron chi connectivity index (χ2n) is 4.48. The summed E-state index contributed by atoms with van der Waals surface area (Å²) in [6.07, 6.45) is 5.84. The van der Waals surface area contributed by atoms with E-state index in [9.17, 15) is 0 Å². The van der Waals surface area contributed by atoms with Crippen molar-refractivity contribution in [2.45, 2.75) is 13.3 Å². The average molecular weight is 300 g/mol. The van der Waals surface area contributed by atoms with Crippen LogP contribution in [0, 0.1) is 19.3 Å². The molecule has 6 nitrogen and oxygen atoms in total. The molecule has 0 saturated carbocycles. The molecule has 0 bridgehead atoms. The van der Waals surface area contributed by atoms with Gasteiger partial charge in [0.2, 0.25) is 5.65 Å². The molecule has 3 aromatic rings. The Labute approximate surface area is 125 Å². The molecule has 0 aliphatic carbocycles. The minimum absolute atomic E-state index is 0.391. The first kappa shape index (κ1) is 13.3. The van der Waals surface area contributed by atoms with Crippen molar-refractivity contribution < 1.29 is 4.63 Å². The molecule has 0 aliphatic heterocycles. The van der Waals surface area contributed by atoms with Crippen LogP contribution in [0.1, 0.15) is 22.6 Å². The maximum Gasteiger partial charge on any atom is 0.226 e. The van der Waals surface area contributed by atoms with E-state index in [-0.39, 0.29) is 0 Å². The Bertz CT molecular complexity index is 881. The van der Waals surface area contributed by atoms with Crippen molar-refractivity contribution in [3.63, 3.8) is 0 Å². The topological polar surface area (TPSA) is 90.7 Å². The van der Waals surface area contributed by atoms with Crippen molar-refractivity contribution >= 4 is 28.5 Å². The zero-order chi connectivity index (χ0) is 15.0. The maximum atomic E-state index is 6.12. The quantitative estimate of drug-likeness (QED) is 0.729. The van der Waals surface area contributed by atoms with Crippen molar-refractivity contribution in [2.75, 3.05) is 5.73 Å². The van der Waals surface area contributed by atoms with Gasteiger partial charge in [0.25, 0.3) is 0 Å². The maximum absolute atomic E-state index is 6.12. The Hall–Kier alpha value is -2.65. The van der Waals surface area contributed by atoms with Crippen LogP contribution in [0.15, 0.2) is 16.8 Å². The SMILES string of the molecule is C#Cc1nc(Cc2c(C)nc3nonc3c2N)ccc1Cl. The number of terminal acetylenes is 1. The van der Waals surface area contributed by atoms with Crippen LogP contribution in [-0.2, 0) is 6.42 Å². The first-order valence-electron chi connectivity index (χ1n) is 6.09. The van der Waals surface area contributed by atoms with Crippen LogP contribution in [0.4, 0.5) is 5.69 Å². The van der Waals surface area contributed by atoms with Gasteiger partial charge in [-0.1, -0.05) is 11.6 Å². The van der Waals surface area contributed by atoms with E-state index in [0.717, 1.165) is 17.0 Å². The highest BCUT2D eigenvalue weighted by Gasteiger charge is 2.15. The molecule has 21 heavy (non-hydrogen) atoms. The minimum atomic E-state index is 0.391. The molecule has 2 N–H and O–H groups in total. The molecule has 3 heterocycles. The van der Waals surface area contributed by atoms with Gasteiger partial charge in [-0.25, -0.2) is 14.6 Å². The minimum Gasteiger partial charge on any atom is -0.396 e. The van der Waals surface area contributed by atoms with Crippen molar-refractivity contribution in [2.24, 2.45) is 0 Å². The third-order valence-corrected chi connectivity index (χ3v) is 3.47. The summed E-state index contributed by atoms with van der Waals surface area (Å²) >= 11 is 5.95. The molecule has 0 radical (unpaired) electrons. The smallest absolute Gasteiger partial charge is 0.226 e. The molecule has 0 fully saturated rings. The molecule has 3 rings (SSSR count). The summed E-state index contributed by atoms with van der Waals surface area (Å²) in [5.74, 6) is 2.45. The largest absolute Gasteiger partial charge is 0.396 e. The van der Waals surface area contributed by atoms with Crippen molar-refractivity contribution in [1.82, 2.24) is 20.3 Å². The van der Waals surface area contributed by atoms with Crippen LogP contribution >= 0.6 is 11.6 Å². The number of nitrogens with zero attached hydrogens (tertiary/aromatic N) is 4. The van der Waals surface area contributed by atoms with Gasteiger partial charge in [-0.05, 0) is 35.3 Å². The molecule has 0 atom stereocenters. The summed E-state index contributed by atoms with van der Waals surface area (Å²) in [6.45, 7) is 1.85. The molecule has 0 amide bonds. The van der Waals surface area contributed by atoms with Gasteiger partial charge in [-0.3, -0.25) is 0 Å². The Morgan fingerprint density at radius 2 is 2.14 bits per heavy atom. The van der Waals surface area contributed by atoms with Gasteiger partial charge in [-0.2, -0.15) is 0 Å². The van der Waals surface area contributed by atoms with Crippen LogP contribution in [0.25, 0.3) is 11.2 Å². The predicted molar refractivity (Wildman–Crippen MR) is 78.7 cm³/mol. The third-order valence-electron chi connectivity index (χ3n) is 3.16. The summed E-state index contributed by atoms with van der Waals surface area (Å²) in [6, 6.07) is 3.52. The summed E-state index contributed by atoms with van der Waals surface area (Å²) in [4.78, 5) is 8.64. The van der Waals surface area contributed by atoms with Crippen LogP contribution < -0.4 is 5.73 Å². The van der Waals surface area contributed by atoms with E-state index < -0.39 is 0 Å². The standard InChI is InChI=1S/C14H10ClN5O/c1-3-11-10(15)5-4-8(18-11)6-9-7(2)17-14-13(12(9)16)19-21-20-14/h1,4-5H,6,16H2,2H3. The van der Waals surface area contributed by atoms with Crippen LogP contribution in [-0.4, -0.2) is 20.3 Å². The summed E-state index contributed by atoms with van der Waals surface area (Å²) in [5.41, 5.74) is 10.2. The van der Waals surface area contributed by atoms with Gasteiger partial charge in [0.15, 0.2) is 5.52 Å².